The van der Waals surface area contributed by atoms with Crippen molar-refractivity contribution in [2.45, 2.75) is 59.5 Å². The minimum atomic E-state index is 0.0213. The first-order valence-electron chi connectivity index (χ1n) is 7.48. The number of hydrogen-bond donors (Lipinski definition) is 1. The number of nitrogens with zero attached hydrogens (tertiary/aromatic N) is 2. The zero-order chi connectivity index (χ0) is 15.0. The van der Waals surface area contributed by atoms with Crippen LogP contribution in [0.2, 0.25) is 0 Å². The predicted molar refractivity (Wildman–Crippen MR) is 81.0 cm³/mol. The van der Waals surface area contributed by atoms with E-state index in [1.54, 1.807) is 0 Å². The number of aromatic nitrogens is 2. The third kappa shape index (κ3) is 5.23. The van der Waals surface area contributed by atoms with Gasteiger partial charge < -0.3 is 15.2 Å². The number of unbranched alkanes of at least 4 members (excludes halogenated alkanes) is 1. The van der Waals surface area contributed by atoms with Crippen LogP contribution in [0.25, 0.3) is 0 Å². The average Bonchev–Trinajstić information content (AvgIpc) is 2.42. The third-order valence-corrected chi connectivity index (χ3v) is 3.16. The van der Waals surface area contributed by atoms with Crippen molar-refractivity contribution in [1.82, 2.24) is 9.97 Å². The van der Waals surface area contributed by atoms with Gasteiger partial charge in [-0.05, 0) is 26.2 Å². The van der Waals surface area contributed by atoms with Crippen LogP contribution in [0.5, 0.6) is 11.8 Å². The fourth-order valence-electron chi connectivity index (χ4n) is 1.89. The number of hydrogen-bond acceptors (Lipinski definition) is 5. The topological polar surface area (TPSA) is 70.3 Å². The lowest BCUT2D eigenvalue weighted by Gasteiger charge is -2.17. The first-order valence-corrected chi connectivity index (χ1v) is 7.48. The van der Waals surface area contributed by atoms with E-state index in [-0.39, 0.29) is 6.10 Å². The van der Waals surface area contributed by atoms with E-state index in [0.29, 0.717) is 30.0 Å². The number of ether oxygens (including phenoxy) is 2. The number of nitrogen functional groups attached to an aromatic ring is 1. The van der Waals surface area contributed by atoms with Gasteiger partial charge in [0.05, 0.1) is 12.7 Å². The maximum absolute atomic E-state index is 5.98. The molecule has 0 bridgehead atoms. The van der Waals surface area contributed by atoms with Gasteiger partial charge in [-0.25, -0.2) is 0 Å². The van der Waals surface area contributed by atoms with Crippen LogP contribution in [0, 0.1) is 5.92 Å². The summed E-state index contributed by atoms with van der Waals surface area (Å²) in [5, 5.41) is 0. The molecule has 5 nitrogen and oxygen atoms in total. The minimum absolute atomic E-state index is 0.0213. The van der Waals surface area contributed by atoms with Crippen molar-refractivity contribution in [3.05, 3.63) is 6.33 Å². The minimum Gasteiger partial charge on any atom is -0.476 e. The molecule has 0 saturated carbocycles. The molecule has 0 spiro atoms. The van der Waals surface area contributed by atoms with Crippen LogP contribution >= 0.6 is 0 Å². The molecule has 1 heterocycles. The van der Waals surface area contributed by atoms with Crippen molar-refractivity contribution in [2.75, 3.05) is 12.3 Å². The summed E-state index contributed by atoms with van der Waals surface area (Å²) in [6, 6.07) is 0. The van der Waals surface area contributed by atoms with E-state index < -0.39 is 0 Å². The fourth-order valence-corrected chi connectivity index (χ4v) is 1.89. The first kappa shape index (κ1) is 16.5. The van der Waals surface area contributed by atoms with Crippen molar-refractivity contribution < 1.29 is 9.47 Å². The van der Waals surface area contributed by atoms with Gasteiger partial charge in [-0.15, -0.1) is 0 Å². The van der Waals surface area contributed by atoms with Crippen LogP contribution in [0.3, 0.4) is 0 Å². The van der Waals surface area contributed by atoms with Crippen LogP contribution in [0.15, 0.2) is 6.33 Å². The van der Waals surface area contributed by atoms with E-state index >= 15 is 0 Å². The van der Waals surface area contributed by atoms with Crippen LogP contribution in [-0.4, -0.2) is 22.7 Å². The van der Waals surface area contributed by atoms with Gasteiger partial charge in [0.25, 0.3) is 0 Å². The van der Waals surface area contributed by atoms with Crippen LogP contribution in [0.4, 0.5) is 5.69 Å². The highest BCUT2D eigenvalue weighted by atomic mass is 16.5. The summed E-state index contributed by atoms with van der Waals surface area (Å²) < 4.78 is 11.3. The Balaban J connectivity index is 2.63. The highest BCUT2D eigenvalue weighted by Crippen LogP contribution is 2.28. The lowest BCUT2D eigenvalue weighted by atomic mass is 10.0. The molecule has 114 valence electrons. The fraction of sp³-hybridized carbons (Fsp3) is 0.733. The monoisotopic (exact) mass is 281 g/mol. The zero-order valence-electron chi connectivity index (χ0n) is 13.1. The first-order chi connectivity index (χ1) is 9.58. The average molecular weight is 281 g/mol. The number of nitrogens with two attached hydrogens (primary N) is 1. The van der Waals surface area contributed by atoms with Gasteiger partial charge in [0.15, 0.2) is 5.69 Å². The molecule has 0 aromatic carbocycles. The lowest BCUT2D eigenvalue weighted by Crippen LogP contribution is -2.14. The highest BCUT2D eigenvalue weighted by Gasteiger charge is 2.14. The normalized spacial score (nSPS) is 12.4. The smallest absolute Gasteiger partial charge is 0.244 e. The Hall–Kier alpha value is -1.52. The second-order valence-electron chi connectivity index (χ2n) is 5.29. The van der Waals surface area contributed by atoms with Crippen LogP contribution < -0.4 is 15.2 Å². The molecule has 0 radical (unpaired) electrons. The molecule has 0 fully saturated rings. The van der Waals surface area contributed by atoms with E-state index in [1.807, 2.05) is 13.8 Å². The van der Waals surface area contributed by atoms with Gasteiger partial charge in [-0.3, -0.25) is 0 Å². The van der Waals surface area contributed by atoms with E-state index in [2.05, 4.69) is 23.8 Å². The molecule has 0 amide bonds. The SMILES string of the molecule is CCCCC(CC)COc1ncnc(OC(C)C)c1N. The van der Waals surface area contributed by atoms with E-state index in [9.17, 15) is 0 Å². The molecule has 1 aromatic rings. The molecule has 0 aliphatic heterocycles. The van der Waals surface area contributed by atoms with Crippen molar-refractivity contribution in [2.24, 2.45) is 5.92 Å². The van der Waals surface area contributed by atoms with E-state index in [0.717, 1.165) is 6.42 Å². The summed E-state index contributed by atoms with van der Waals surface area (Å²) in [5.41, 5.74) is 6.37. The molecular formula is C15H27N3O2. The number of rotatable bonds is 9. The van der Waals surface area contributed by atoms with Gasteiger partial charge in [0.1, 0.15) is 6.33 Å². The van der Waals surface area contributed by atoms with Gasteiger partial charge >= 0.3 is 0 Å². The maximum Gasteiger partial charge on any atom is 0.244 e. The molecule has 5 heteroatoms. The Labute approximate surface area is 121 Å². The summed E-state index contributed by atoms with van der Waals surface area (Å²) in [7, 11) is 0. The van der Waals surface area contributed by atoms with E-state index in [1.165, 1.54) is 25.6 Å². The molecule has 0 saturated heterocycles. The van der Waals surface area contributed by atoms with Crippen molar-refractivity contribution >= 4 is 5.69 Å². The summed E-state index contributed by atoms with van der Waals surface area (Å²) in [6.07, 6.45) is 6.15. The molecular weight excluding hydrogens is 254 g/mol. The summed E-state index contributed by atoms with van der Waals surface area (Å²) in [6.45, 7) is 8.88. The van der Waals surface area contributed by atoms with Crippen molar-refractivity contribution in [1.29, 1.82) is 0 Å². The molecule has 20 heavy (non-hydrogen) atoms. The van der Waals surface area contributed by atoms with Crippen molar-refractivity contribution in [3.8, 4) is 11.8 Å². The summed E-state index contributed by atoms with van der Waals surface area (Å²) >= 11 is 0. The Bertz CT molecular complexity index is 397. The Morgan fingerprint density at radius 1 is 1.20 bits per heavy atom. The molecule has 0 aliphatic carbocycles. The second kappa shape index (κ2) is 8.61. The second-order valence-corrected chi connectivity index (χ2v) is 5.29. The molecule has 2 N–H and O–H groups in total. The molecule has 1 rings (SSSR count). The Kier molecular flexibility index (Phi) is 7.12. The molecule has 1 unspecified atom stereocenters. The molecule has 1 atom stereocenters. The zero-order valence-corrected chi connectivity index (χ0v) is 13.1. The Morgan fingerprint density at radius 2 is 1.90 bits per heavy atom. The van der Waals surface area contributed by atoms with Crippen LogP contribution in [-0.2, 0) is 0 Å². The standard InChI is InChI=1S/C15H27N3O2/c1-5-7-8-12(6-2)9-19-14-13(16)15(18-10-17-14)20-11(3)4/h10-12H,5-9,16H2,1-4H3. The number of anilines is 1. The van der Waals surface area contributed by atoms with Crippen molar-refractivity contribution in [3.63, 3.8) is 0 Å². The molecule has 1 aromatic heterocycles. The van der Waals surface area contributed by atoms with Gasteiger partial charge in [0, 0.05) is 0 Å². The predicted octanol–water partition coefficient (Wildman–Crippen LogP) is 3.44. The Morgan fingerprint density at radius 3 is 2.50 bits per heavy atom. The quantitative estimate of drug-likeness (QED) is 0.750. The summed E-state index contributed by atoms with van der Waals surface area (Å²) in [5.74, 6) is 1.36. The van der Waals surface area contributed by atoms with Gasteiger partial charge in [0.2, 0.25) is 11.8 Å². The van der Waals surface area contributed by atoms with E-state index in [4.69, 9.17) is 15.2 Å². The summed E-state index contributed by atoms with van der Waals surface area (Å²) in [4.78, 5) is 8.13. The van der Waals surface area contributed by atoms with Crippen LogP contribution in [0.1, 0.15) is 53.4 Å². The van der Waals surface area contributed by atoms with Gasteiger partial charge in [-0.1, -0.05) is 33.1 Å². The maximum atomic E-state index is 5.98. The highest BCUT2D eigenvalue weighted by molar-refractivity contribution is 5.55. The third-order valence-electron chi connectivity index (χ3n) is 3.16. The van der Waals surface area contributed by atoms with Gasteiger partial charge in [-0.2, -0.15) is 9.97 Å². The lowest BCUT2D eigenvalue weighted by molar-refractivity contribution is 0.216. The molecule has 0 aliphatic rings. The largest absolute Gasteiger partial charge is 0.476 e.